The fraction of sp³-hybridized carbons (Fsp3) is 0.429. The molecule has 1 aliphatic rings. The predicted octanol–water partition coefficient (Wildman–Crippen LogP) is 2.26. The van der Waals surface area contributed by atoms with Gasteiger partial charge < -0.3 is 10.2 Å². The summed E-state index contributed by atoms with van der Waals surface area (Å²) in [4.78, 5) is 20.9. The number of pyridine rings is 1. The molecule has 5 heteroatoms. The summed E-state index contributed by atoms with van der Waals surface area (Å²) in [5, 5.41) is 3.02. The quantitative estimate of drug-likeness (QED) is 0.830. The molecule has 0 atom stereocenters. The van der Waals surface area contributed by atoms with E-state index >= 15 is 0 Å². The van der Waals surface area contributed by atoms with Gasteiger partial charge >= 0.3 is 0 Å². The molecule has 0 bridgehead atoms. The maximum Gasteiger partial charge on any atom is 0.221 e. The minimum absolute atomic E-state index is 0.139. The Morgan fingerprint density at radius 2 is 1.88 bits per heavy atom. The van der Waals surface area contributed by atoms with Crippen LogP contribution in [0, 0.1) is 6.92 Å². The first-order valence-electron chi connectivity index (χ1n) is 9.40. The molecule has 3 rings (SSSR count). The smallest absolute Gasteiger partial charge is 0.221 e. The average molecular weight is 352 g/mol. The third-order valence-electron chi connectivity index (χ3n) is 4.88. The van der Waals surface area contributed by atoms with E-state index in [2.05, 4.69) is 51.3 Å². The Kier molecular flexibility index (Phi) is 6.61. The molecule has 0 spiro atoms. The van der Waals surface area contributed by atoms with Crippen molar-refractivity contribution >= 4 is 11.6 Å². The van der Waals surface area contributed by atoms with Gasteiger partial charge in [-0.05, 0) is 48.7 Å². The lowest BCUT2D eigenvalue weighted by Crippen LogP contribution is -2.47. The molecule has 2 aromatic rings. The van der Waals surface area contributed by atoms with Crippen LogP contribution in [0.3, 0.4) is 0 Å². The van der Waals surface area contributed by atoms with E-state index in [0.717, 1.165) is 39.1 Å². The summed E-state index contributed by atoms with van der Waals surface area (Å²) in [7, 11) is 0. The highest BCUT2D eigenvalue weighted by Gasteiger charge is 2.17. The van der Waals surface area contributed by atoms with Crippen molar-refractivity contribution in [1.82, 2.24) is 15.2 Å². The highest BCUT2D eigenvalue weighted by atomic mass is 16.1. The van der Waals surface area contributed by atoms with E-state index in [0.29, 0.717) is 13.0 Å². The lowest BCUT2D eigenvalue weighted by molar-refractivity contribution is -0.121. The molecule has 5 nitrogen and oxygen atoms in total. The summed E-state index contributed by atoms with van der Waals surface area (Å²) in [5.41, 5.74) is 3.81. The number of anilines is 1. The molecule has 26 heavy (non-hydrogen) atoms. The van der Waals surface area contributed by atoms with Crippen LogP contribution in [0.25, 0.3) is 0 Å². The topological polar surface area (TPSA) is 48.5 Å². The number of carbonyl (C=O) groups excluding carboxylic acids is 1. The molecule has 0 radical (unpaired) electrons. The Morgan fingerprint density at radius 1 is 1.12 bits per heavy atom. The third-order valence-corrected chi connectivity index (χ3v) is 4.88. The van der Waals surface area contributed by atoms with E-state index in [1.165, 1.54) is 16.8 Å². The molecular weight excluding hydrogens is 324 g/mol. The number of aromatic nitrogens is 1. The monoisotopic (exact) mass is 352 g/mol. The maximum atomic E-state index is 12.0. The van der Waals surface area contributed by atoms with E-state index < -0.39 is 0 Å². The van der Waals surface area contributed by atoms with Gasteiger partial charge in [0.1, 0.15) is 0 Å². The van der Waals surface area contributed by atoms with E-state index in [1.807, 2.05) is 12.1 Å². The minimum atomic E-state index is 0.139. The van der Waals surface area contributed by atoms with Crippen molar-refractivity contribution in [2.45, 2.75) is 19.8 Å². The lowest BCUT2D eigenvalue weighted by Gasteiger charge is -2.36. The van der Waals surface area contributed by atoms with Crippen LogP contribution in [-0.2, 0) is 11.2 Å². The minimum Gasteiger partial charge on any atom is -0.369 e. The number of aryl methyl sites for hydroxylation is 1. The molecule has 1 aliphatic heterocycles. The number of nitrogens with zero attached hydrogens (tertiary/aromatic N) is 3. The van der Waals surface area contributed by atoms with Gasteiger partial charge in [-0.25, -0.2) is 0 Å². The predicted molar refractivity (Wildman–Crippen MR) is 105 cm³/mol. The van der Waals surface area contributed by atoms with Crippen molar-refractivity contribution < 1.29 is 4.79 Å². The molecule has 1 saturated heterocycles. The van der Waals surface area contributed by atoms with E-state index in [4.69, 9.17) is 0 Å². The van der Waals surface area contributed by atoms with Crippen molar-refractivity contribution in [3.63, 3.8) is 0 Å². The van der Waals surface area contributed by atoms with Crippen LogP contribution < -0.4 is 10.2 Å². The van der Waals surface area contributed by atoms with Crippen molar-refractivity contribution in [2.24, 2.45) is 0 Å². The fourth-order valence-electron chi connectivity index (χ4n) is 3.30. The second-order valence-electron chi connectivity index (χ2n) is 6.87. The fourth-order valence-corrected chi connectivity index (χ4v) is 3.30. The van der Waals surface area contributed by atoms with Gasteiger partial charge in [0.05, 0.1) is 0 Å². The maximum absolute atomic E-state index is 12.0. The molecule has 1 aromatic carbocycles. The molecule has 0 saturated carbocycles. The second-order valence-corrected chi connectivity index (χ2v) is 6.87. The SMILES string of the molecule is Cc1cccc(N2CCN(CCC(=O)NCCc3ccncc3)CC2)c1. The van der Waals surface area contributed by atoms with E-state index in [-0.39, 0.29) is 5.91 Å². The van der Waals surface area contributed by atoms with E-state index in [9.17, 15) is 4.79 Å². The zero-order valence-corrected chi connectivity index (χ0v) is 15.5. The third kappa shape index (κ3) is 5.56. The van der Waals surface area contributed by atoms with Gasteiger partial charge in [0.2, 0.25) is 5.91 Å². The number of hydrogen-bond acceptors (Lipinski definition) is 4. The molecule has 2 heterocycles. The van der Waals surface area contributed by atoms with Crippen molar-refractivity contribution in [1.29, 1.82) is 0 Å². The normalized spacial score (nSPS) is 15.0. The van der Waals surface area contributed by atoms with Gasteiger partial charge in [-0.2, -0.15) is 0 Å². The summed E-state index contributed by atoms with van der Waals surface area (Å²) in [6.45, 7) is 7.72. The summed E-state index contributed by atoms with van der Waals surface area (Å²) in [6.07, 6.45) is 4.99. The van der Waals surface area contributed by atoms with Crippen LogP contribution in [0.5, 0.6) is 0 Å². The Labute approximate surface area is 156 Å². The summed E-state index contributed by atoms with van der Waals surface area (Å²) >= 11 is 0. The Morgan fingerprint density at radius 3 is 2.62 bits per heavy atom. The summed E-state index contributed by atoms with van der Waals surface area (Å²) in [6, 6.07) is 12.6. The molecular formula is C21H28N4O. The number of hydrogen-bond donors (Lipinski definition) is 1. The van der Waals surface area contributed by atoms with Gasteiger partial charge in [-0.3, -0.25) is 14.7 Å². The van der Waals surface area contributed by atoms with Crippen LogP contribution in [0.1, 0.15) is 17.5 Å². The first-order valence-corrected chi connectivity index (χ1v) is 9.40. The Hall–Kier alpha value is -2.40. The molecule has 1 N–H and O–H groups in total. The molecule has 1 aromatic heterocycles. The van der Waals surface area contributed by atoms with Crippen LogP contribution >= 0.6 is 0 Å². The van der Waals surface area contributed by atoms with E-state index in [1.54, 1.807) is 12.4 Å². The van der Waals surface area contributed by atoms with Crippen LogP contribution in [0.15, 0.2) is 48.8 Å². The van der Waals surface area contributed by atoms with Crippen LogP contribution in [0.4, 0.5) is 5.69 Å². The molecule has 0 unspecified atom stereocenters. The lowest BCUT2D eigenvalue weighted by atomic mass is 10.2. The second kappa shape index (κ2) is 9.34. The highest BCUT2D eigenvalue weighted by Crippen LogP contribution is 2.17. The zero-order chi connectivity index (χ0) is 18.2. The van der Waals surface area contributed by atoms with Crippen molar-refractivity contribution in [2.75, 3.05) is 44.2 Å². The van der Waals surface area contributed by atoms with Crippen molar-refractivity contribution in [3.05, 3.63) is 59.9 Å². The van der Waals surface area contributed by atoms with Gasteiger partial charge in [0.15, 0.2) is 0 Å². The number of nitrogens with one attached hydrogen (secondary N) is 1. The number of rotatable bonds is 7. The largest absolute Gasteiger partial charge is 0.369 e. The zero-order valence-electron chi connectivity index (χ0n) is 15.5. The number of carbonyl (C=O) groups is 1. The van der Waals surface area contributed by atoms with Gasteiger partial charge in [0.25, 0.3) is 0 Å². The first-order chi connectivity index (χ1) is 12.7. The summed E-state index contributed by atoms with van der Waals surface area (Å²) < 4.78 is 0. The van der Waals surface area contributed by atoms with Gasteiger partial charge in [-0.15, -0.1) is 0 Å². The average Bonchev–Trinajstić information content (AvgIpc) is 2.68. The number of amides is 1. The Balaban J connectivity index is 1.32. The standard InChI is InChI=1S/C21H28N4O/c1-18-3-2-4-20(17-18)25-15-13-24(14-16-25)12-8-21(26)23-11-7-19-5-9-22-10-6-19/h2-6,9-10,17H,7-8,11-16H2,1H3,(H,23,26). The molecule has 0 aliphatic carbocycles. The number of piperazine rings is 1. The summed E-state index contributed by atoms with van der Waals surface area (Å²) in [5.74, 6) is 0.139. The van der Waals surface area contributed by atoms with Gasteiger partial charge in [0, 0.05) is 63.8 Å². The molecule has 1 fully saturated rings. The van der Waals surface area contributed by atoms with Gasteiger partial charge in [-0.1, -0.05) is 12.1 Å². The molecule has 138 valence electrons. The van der Waals surface area contributed by atoms with Crippen LogP contribution in [0.2, 0.25) is 0 Å². The first kappa shape index (κ1) is 18.4. The van der Waals surface area contributed by atoms with Crippen LogP contribution in [-0.4, -0.2) is 55.1 Å². The molecule has 1 amide bonds. The van der Waals surface area contributed by atoms with Crippen molar-refractivity contribution in [3.8, 4) is 0 Å². The Bertz CT molecular complexity index is 696. The number of benzene rings is 1. The highest BCUT2D eigenvalue weighted by molar-refractivity contribution is 5.76.